The Labute approximate surface area is 183 Å². The van der Waals surface area contributed by atoms with Gasteiger partial charge in [-0.1, -0.05) is 18.2 Å². The van der Waals surface area contributed by atoms with E-state index >= 15 is 0 Å². The summed E-state index contributed by atoms with van der Waals surface area (Å²) >= 11 is 0. The first-order valence-electron chi connectivity index (χ1n) is 10.6. The van der Waals surface area contributed by atoms with Crippen LogP contribution in [0.2, 0.25) is 0 Å². The molecule has 1 aromatic heterocycles. The van der Waals surface area contributed by atoms with Gasteiger partial charge in [0.2, 0.25) is 5.91 Å². The molecule has 170 valence electrons. The SMILES string of the molecule is COC(C[C@H]1c2[nH]c3ccccc3c2CCN1C(=O)[C@H](C)NC(=O)OC(C)(C)C)OC. The van der Waals surface area contributed by atoms with E-state index in [1.54, 1.807) is 46.8 Å². The van der Waals surface area contributed by atoms with Gasteiger partial charge in [-0.3, -0.25) is 4.79 Å². The minimum Gasteiger partial charge on any atom is -0.444 e. The van der Waals surface area contributed by atoms with E-state index in [1.807, 2.05) is 18.2 Å². The van der Waals surface area contributed by atoms with E-state index in [0.29, 0.717) is 13.0 Å². The number of hydrogen-bond acceptors (Lipinski definition) is 5. The van der Waals surface area contributed by atoms with E-state index in [2.05, 4.69) is 16.4 Å². The molecule has 2 heterocycles. The van der Waals surface area contributed by atoms with Crippen molar-refractivity contribution in [3.05, 3.63) is 35.5 Å². The van der Waals surface area contributed by atoms with Gasteiger partial charge in [-0.15, -0.1) is 0 Å². The van der Waals surface area contributed by atoms with Crippen LogP contribution in [0.15, 0.2) is 24.3 Å². The molecule has 0 unspecified atom stereocenters. The standard InChI is InChI=1S/C23H33N3O5/c1-14(24-22(28)31-23(2,3)4)21(27)26-12-11-16-15-9-7-8-10-17(15)25-20(16)18(26)13-19(29-5)30-6/h7-10,14,18-19,25H,11-13H2,1-6H3,(H,24,28)/t14-,18-/m0/s1. The highest BCUT2D eigenvalue weighted by atomic mass is 16.7. The van der Waals surface area contributed by atoms with Crippen molar-refractivity contribution in [3.63, 3.8) is 0 Å². The summed E-state index contributed by atoms with van der Waals surface area (Å²) in [5.74, 6) is -0.175. The zero-order chi connectivity index (χ0) is 22.8. The number of hydrogen-bond donors (Lipinski definition) is 2. The second-order valence-corrected chi connectivity index (χ2v) is 8.86. The first kappa shape index (κ1) is 23.1. The van der Waals surface area contributed by atoms with Crippen LogP contribution in [0, 0.1) is 0 Å². The first-order valence-corrected chi connectivity index (χ1v) is 10.6. The average molecular weight is 432 g/mol. The number of alkyl carbamates (subject to hydrolysis) is 1. The molecule has 3 rings (SSSR count). The molecule has 0 bridgehead atoms. The van der Waals surface area contributed by atoms with Crippen molar-refractivity contribution in [2.45, 2.75) is 64.5 Å². The van der Waals surface area contributed by atoms with Crippen LogP contribution in [-0.2, 0) is 25.4 Å². The molecular formula is C23H33N3O5. The number of nitrogens with one attached hydrogen (secondary N) is 2. The van der Waals surface area contributed by atoms with Gasteiger partial charge in [0.1, 0.15) is 11.6 Å². The number of carbonyl (C=O) groups is 2. The Morgan fingerprint density at radius 3 is 2.55 bits per heavy atom. The summed E-state index contributed by atoms with van der Waals surface area (Å²) in [5, 5.41) is 3.83. The Kier molecular flexibility index (Phi) is 6.91. The highest BCUT2D eigenvalue weighted by Crippen LogP contribution is 2.37. The number of aromatic amines is 1. The molecule has 1 aliphatic rings. The fourth-order valence-corrected chi connectivity index (χ4v) is 4.09. The summed E-state index contributed by atoms with van der Waals surface area (Å²) in [7, 11) is 3.17. The number of para-hydroxylation sites is 1. The smallest absolute Gasteiger partial charge is 0.408 e. The molecule has 2 amide bonds. The summed E-state index contributed by atoms with van der Waals surface area (Å²) in [6.45, 7) is 7.57. The van der Waals surface area contributed by atoms with Gasteiger partial charge in [0.15, 0.2) is 6.29 Å². The van der Waals surface area contributed by atoms with E-state index in [4.69, 9.17) is 14.2 Å². The second-order valence-electron chi connectivity index (χ2n) is 8.86. The number of H-pyrrole nitrogens is 1. The molecule has 0 fully saturated rings. The predicted molar refractivity (Wildman–Crippen MR) is 118 cm³/mol. The number of carbonyl (C=O) groups excluding carboxylic acids is 2. The Bertz CT molecular complexity index is 929. The molecular weight excluding hydrogens is 398 g/mol. The van der Waals surface area contributed by atoms with E-state index in [-0.39, 0.29) is 11.9 Å². The summed E-state index contributed by atoms with van der Waals surface area (Å²) in [6, 6.07) is 7.14. The summed E-state index contributed by atoms with van der Waals surface area (Å²) in [6.07, 6.45) is 0.120. The highest BCUT2D eigenvalue weighted by molar-refractivity contribution is 5.88. The van der Waals surface area contributed by atoms with Crippen molar-refractivity contribution < 1.29 is 23.8 Å². The van der Waals surface area contributed by atoms with Crippen molar-refractivity contribution in [1.29, 1.82) is 0 Å². The van der Waals surface area contributed by atoms with E-state index in [9.17, 15) is 9.59 Å². The maximum absolute atomic E-state index is 13.4. The number of nitrogens with zero attached hydrogens (tertiary/aromatic N) is 1. The zero-order valence-corrected chi connectivity index (χ0v) is 19.2. The van der Waals surface area contributed by atoms with Crippen molar-refractivity contribution in [2.24, 2.45) is 0 Å². The van der Waals surface area contributed by atoms with Crippen LogP contribution >= 0.6 is 0 Å². The minimum atomic E-state index is -0.730. The maximum Gasteiger partial charge on any atom is 0.408 e. The monoisotopic (exact) mass is 431 g/mol. The maximum atomic E-state index is 13.4. The van der Waals surface area contributed by atoms with Gasteiger partial charge in [0.05, 0.1) is 6.04 Å². The van der Waals surface area contributed by atoms with Crippen molar-refractivity contribution in [2.75, 3.05) is 20.8 Å². The van der Waals surface area contributed by atoms with Crippen LogP contribution in [0.1, 0.15) is 51.4 Å². The second kappa shape index (κ2) is 9.28. The molecule has 2 atom stereocenters. The number of rotatable bonds is 6. The Morgan fingerprint density at radius 2 is 1.90 bits per heavy atom. The number of fused-ring (bicyclic) bond motifs is 3. The Morgan fingerprint density at radius 1 is 1.23 bits per heavy atom. The lowest BCUT2D eigenvalue weighted by Gasteiger charge is -2.38. The quantitative estimate of drug-likeness (QED) is 0.683. The fraction of sp³-hybridized carbons (Fsp3) is 0.565. The lowest BCUT2D eigenvalue weighted by molar-refractivity contribution is -0.143. The van der Waals surface area contributed by atoms with Crippen molar-refractivity contribution in [3.8, 4) is 0 Å². The fourth-order valence-electron chi connectivity index (χ4n) is 4.09. The van der Waals surface area contributed by atoms with Gasteiger partial charge < -0.3 is 29.4 Å². The van der Waals surface area contributed by atoms with Gasteiger partial charge in [0, 0.05) is 43.8 Å². The van der Waals surface area contributed by atoms with E-state index < -0.39 is 24.0 Å². The molecule has 0 spiro atoms. The molecule has 1 aliphatic heterocycles. The summed E-state index contributed by atoms with van der Waals surface area (Å²) in [4.78, 5) is 30.8. The predicted octanol–water partition coefficient (Wildman–Crippen LogP) is 3.52. The lowest BCUT2D eigenvalue weighted by Crippen LogP contribution is -2.51. The van der Waals surface area contributed by atoms with Crippen LogP contribution < -0.4 is 5.32 Å². The molecule has 8 nitrogen and oxygen atoms in total. The molecule has 2 N–H and O–H groups in total. The zero-order valence-electron chi connectivity index (χ0n) is 19.2. The Hall–Kier alpha value is -2.58. The van der Waals surface area contributed by atoms with Gasteiger partial charge in [-0.25, -0.2) is 4.79 Å². The van der Waals surface area contributed by atoms with Gasteiger partial charge in [-0.2, -0.15) is 0 Å². The van der Waals surface area contributed by atoms with Gasteiger partial charge in [0.25, 0.3) is 0 Å². The molecule has 2 aromatic rings. The largest absolute Gasteiger partial charge is 0.444 e. The average Bonchev–Trinajstić information content (AvgIpc) is 3.09. The van der Waals surface area contributed by atoms with Crippen LogP contribution in [0.25, 0.3) is 10.9 Å². The lowest BCUT2D eigenvalue weighted by atomic mass is 9.94. The van der Waals surface area contributed by atoms with E-state index in [0.717, 1.165) is 17.6 Å². The number of ether oxygens (including phenoxy) is 3. The van der Waals surface area contributed by atoms with Crippen LogP contribution in [-0.4, -0.2) is 60.6 Å². The van der Waals surface area contributed by atoms with Gasteiger partial charge >= 0.3 is 6.09 Å². The van der Waals surface area contributed by atoms with Crippen LogP contribution in [0.3, 0.4) is 0 Å². The topological polar surface area (TPSA) is 92.9 Å². The summed E-state index contributed by atoms with van der Waals surface area (Å²) in [5.41, 5.74) is 2.61. The van der Waals surface area contributed by atoms with Gasteiger partial charge in [-0.05, 0) is 45.7 Å². The minimum absolute atomic E-state index is 0.175. The molecule has 0 saturated heterocycles. The molecule has 31 heavy (non-hydrogen) atoms. The normalized spacial score (nSPS) is 17.5. The number of amides is 2. The third-order valence-corrected chi connectivity index (χ3v) is 5.49. The third-order valence-electron chi connectivity index (χ3n) is 5.49. The van der Waals surface area contributed by atoms with Crippen LogP contribution in [0.4, 0.5) is 4.79 Å². The highest BCUT2D eigenvalue weighted by Gasteiger charge is 2.37. The molecule has 0 saturated carbocycles. The van der Waals surface area contributed by atoms with Crippen LogP contribution in [0.5, 0.6) is 0 Å². The molecule has 8 heteroatoms. The Balaban J connectivity index is 1.87. The van der Waals surface area contributed by atoms with Crippen molar-refractivity contribution in [1.82, 2.24) is 15.2 Å². The van der Waals surface area contributed by atoms with Crippen molar-refractivity contribution >= 4 is 22.9 Å². The number of aromatic nitrogens is 1. The molecule has 0 aliphatic carbocycles. The number of methoxy groups -OCH3 is 2. The first-order chi connectivity index (χ1) is 14.6. The molecule has 0 radical (unpaired) electrons. The van der Waals surface area contributed by atoms with E-state index in [1.165, 1.54) is 10.9 Å². The molecule has 1 aromatic carbocycles. The number of benzene rings is 1. The third kappa shape index (κ3) is 5.19. The summed E-state index contributed by atoms with van der Waals surface area (Å²) < 4.78 is 16.2.